The molecule has 1 fully saturated rings. The highest BCUT2D eigenvalue weighted by molar-refractivity contribution is 7.89. The number of likely N-dealkylation sites (N-methyl/N-ethyl adjacent to an activating group) is 1. The van der Waals surface area contributed by atoms with Crippen molar-refractivity contribution in [2.45, 2.75) is 32.2 Å². The Labute approximate surface area is 155 Å². The molecule has 1 aliphatic heterocycles. The van der Waals surface area contributed by atoms with Crippen molar-refractivity contribution in [3.63, 3.8) is 0 Å². The normalized spacial score (nSPS) is 20.6. The van der Waals surface area contributed by atoms with Crippen LogP contribution in [0.4, 0.5) is 0 Å². The van der Waals surface area contributed by atoms with Crippen molar-refractivity contribution < 1.29 is 13.2 Å². The third-order valence-corrected chi connectivity index (χ3v) is 7.38. The van der Waals surface area contributed by atoms with Gasteiger partial charge >= 0.3 is 0 Å². The highest BCUT2D eigenvalue weighted by Crippen LogP contribution is 2.22. The Hall–Kier alpha value is -0.960. The van der Waals surface area contributed by atoms with E-state index in [0.717, 1.165) is 12.8 Å². The average Bonchev–Trinajstić information content (AvgIpc) is 3.09. The molecule has 0 bridgehead atoms. The molecule has 1 aromatic heterocycles. The maximum atomic E-state index is 12.6. The summed E-state index contributed by atoms with van der Waals surface area (Å²) in [6, 6.07) is 2.19. The number of carbonyl (C=O) groups excluding carboxylic acids is 1. The Morgan fingerprint density at radius 2 is 2.24 bits per heavy atom. The van der Waals surface area contributed by atoms with E-state index >= 15 is 0 Å². The third kappa shape index (κ3) is 5.51. The van der Waals surface area contributed by atoms with Gasteiger partial charge in [-0.1, -0.05) is 6.92 Å². The van der Waals surface area contributed by atoms with Gasteiger partial charge in [0.25, 0.3) is 0 Å². The third-order valence-electron chi connectivity index (χ3n) is 4.63. The lowest BCUT2D eigenvalue weighted by Crippen LogP contribution is -2.47. The summed E-state index contributed by atoms with van der Waals surface area (Å²) in [7, 11) is 0.755. The molecule has 1 aliphatic rings. The molecule has 0 aromatic carbocycles. The lowest BCUT2D eigenvalue weighted by Gasteiger charge is -2.32. The van der Waals surface area contributed by atoms with Crippen LogP contribution in [0.5, 0.6) is 0 Å². The average molecular weight is 388 g/mol. The molecule has 142 valence electrons. The van der Waals surface area contributed by atoms with Crippen molar-refractivity contribution in [1.82, 2.24) is 14.5 Å². The summed E-state index contributed by atoms with van der Waals surface area (Å²) in [6.07, 6.45) is 2.08. The molecule has 0 unspecified atom stereocenters. The Morgan fingerprint density at radius 1 is 1.48 bits per heavy atom. The summed E-state index contributed by atoms with van der Waals surface area (Å²) < 4.78 is 26.0. The molecule has 1 saturated heterocycles. The smallest absolute Gasteiger partial charge is 0.224 e. The van der Waals surface area contributed by atoms with Gasteiger partial charge in [0, 0.05) is 19.6 Å². The van der Waals surface area contributed by atoms with Gasteiger partial charge in [-0.15, -0.1) is 0 Å². The summed E-state index contributed by atoms with van der Waals surface area (Å²) in [5.74, 6) is -0.147. The van der Waals surface area contributed by atoms with E-state index in [0.29, 0.717) is 26.1 Å². The molecule has 6 nitrogen and oxygen atoms in total. The van der Waals surface area contributed by atoms with Crippen LogP contribution in [0.3, 0.4) is 0 Å². The van der Waals surface area contributed by atoms with Crippen LogP contribution in [0.25, 0.3) is 0 Å². The van der Waals surface area contributed by atoms with Crippen LogP contribution in [0.1, 0.15) is 37.8 Å². The predicted octanol–water partition coefficient (Wildman–Crippen LogP) is 1.92. The van der Waals surface area contributed by atoms with Gasteiger partial charge in [0.2, 0.25) is 15.9 Å². The zero-order chi connectivity index (χ0) is 18.4. The highest BCUT2D eigenvalue weighted by Gasteiger charge is 2.32. The maximum absolute atomic E-state index is 12.6. The molecule has 0 saturated carbocycles. The fraction of sp³-hybridized carbons (Fsp3) is 0.706. The molecule has 2 heterocycles. The predicted molar refractivity (Wildman–Crippen MR) is 102 cm³/mol. The maximum Gasteiger partial charge on any atom is 0.224 e. The molecule has 1 aromatic rings. The molecule has 0 aliphatic carbocycles. The van der Waals surface area contributed by atoms with E-state index < -0.39 is 10.0 Å². The Balaban J connectivity index is 1.93. The van der Waals surface area contributed by atoms with Crippen molar-refractivity contribution in [2.24, 2.45) is 5.92 Å². The summed E-state index contributed by atoms with van der Waals surface area (Å²) in [4.78, 5) is 14.7. The fourth-order valence-electron chi connectivity index (χ4n) is 3.20. The van der Waals surface area contributed by atoms with Crippen molar-refractivity contribution in [3.8, 4) is 0 Å². The van der Waals surface area contributed by atoms with Gasteiger partial charge in [0.1, 0.15) is 0 Å². The molecular formula is C17H29N3O3S2. The van der Waals surface area contributed by atoms with Gasteiger partial charge in [-0.2, -0.15) is 11.3 Å². The first-order valence-corrected chi connectivity index (χ1v) is 11.3. The molecule has 0 radical (unpaired) electrons. The SMILES string of the molecule is CCCS(=O)(=O)N1CCC[C@@H](C(=O)NC[C@H](c2ccsc2)N(C)C)C1. The van der Waals surface area contributed by atoms with Gasteiger partial charge in [-0.05, 0) is 55.7 Å². The first-order valence-electron chi connectivity index (χ1n) is 8.79. The summed E-state index contributed by atoms with van der Waals surface area (Å²) in [5.41, 5.74) is 1.19. The zero-order valence-electron chi connectivity index (χ0n) is 15.3. The minimum absolute atomic E-state index is 0.0431. The number of hydrogen-bond acceptors (Lipinski definition) is 5. The summed E-state index contributed by atoms with van der Waals surface area (Å²) in [6.45, 7) is 3.22. The first kappa shape index (κ1) is 20.4. The number of nitrogens with one attached hydrogen (secondary N) is 1. The number of piperidine rings is 1. The van der Waals surface area contributed by atoms with E-state index in [1.54, 1.807) is 11.3 Å². The number of nitrogens with zero attached hydrogens (tertiary/aromatic N) is 2. The monoisotopic (exact) mass is 387 g/mol. The lowest BCUT2D eigenvalue weighted by atomic mass is 9.98. The molecule has 0 spiro atoms. The lowest BCUT2D eigenvalue weighted by molar-refractivity contribution is -0.126. The quantitative estimate of drug-likeness (QED) is 0.740. The number of hydrogen-bond donors (Lipinski definition) is 1. The second-order valence-electron chi connectivity index (χ2n) is 6.79. The number of amides is 1. The Morgan fingerprint density at radius 3 is 2.84 bits per heavy atom. The number of carbonyl (C=O) groups is 1. The highest BCUT2D eigenvalue weighted by atomic mass is 32.2. The van der Waals surface area contributed by atoms with Gasteiger partial charge < -0.3 is 10.2 Å². The van der Waals surface area contributed by atoms with Crippen LogP contribution in [0, 0.1) is 5.92 Å². The van der Waals surface area contributed by atoms with Gasteiger partial charge in [-0.3, -0.25) is 4.79 Å². The zero-order valence-corrected chi connectivity index (χ0v) is 16.9. The van der Waals surface area contributed by atoms with Gasteiger partial charge in [0.05, 0.1) is 17.7 Å². The molecule has 1 amide bonds. The minimum atomic E-state index is -3.23. The van der Waals surface area contributed by atoms with E-state index in [1.807, 2.05) is 26.4 Å². The van der Waals surface area contributed by atoms with Crippen LogP contribution >= 0.6 is 11.3 Å². The van der Waals surface area contributed by atoms with Crippen LogP contribution in [0.15, 0.2) is 16.8 Å². The van der Waals surface area contributed by atoms with E-state index in [1.165, 1.54) is 9.87 Å². The number of rotatable bonds is 8. The van der Waals surface area contributed by atoms with E-state index in [-0.39, 0.29) is 23.6 Å². The minimum Gasteiger partial charge on any atom is -0.354 e. The van der Waals surface area contributed by atoms with Crippen LogP contribution in [-0.2, 0) is 14.8 Å². The second kappa shape index (κ2) is 9.12. The van der Waals surface area contributed by atoms with Crippen LogP contribution in [-0.4, -0.2) is 63.0 Å². The summed E-state index contributed by atoms with van der Waals surface area (Å²) in [5, 5.41) is 7.16. The Bertz CT molecular complexity index is 644. The molecule has 1 N–H and O–H groups in total. The summed E-state index contributed by atoms with van der Waals surface area (Å²) >= 11 is 1.64. The van der Waals surface area contributed by atoms with E-state index in [2.05, 4.69) is 21.7 Å². The molecule has 2 atom stereocenters. The topological polar surface area (TPSA) is 69.7 Å². The Kier molecular flexibility index (Phi) is 7.42. The van der Waals surface area contributed by atoms with Gasteiger partial charge in [0.15, 0.2) is 0 Å². The molecule has 2 rings (SSSR count). The van der Waals surface area contributed by atoms with E-state index in [9.17, 15) is 13.2 Å². The molecular weight excluding hydrogens is 358 g/mol. The van der Waals surface area contributed by atoms with Crippen molar-refractivity contribution in [2.75, 3.05) is 39.5 Å². The van der Waals surface area contributed by atoms with Gasteiger partial charge in [-0.25, -0.2) is 12.7 Å². The standard InChI is InChI=1S/C17H29N3O3S2/c1-4-10-25(22,23)20-8-5-6-14(12-20)17(21)18-11-16(19(2)3)15-7-9-24-13-15/h7,9,13-14,16H,4-6,8,10-12H2,1-3H3,(H,18,21)/t14-,16-/m1/s1. The van der Waals surface area contributed by atoms with Crippen molar-refractivity contribution >= 4 is 27.3 Å². The van der Waals surface area contributed by atoms with E-state index in [4.69, 9.17) is 0 Å². The van der Waals surface area contributed by atoms with Crippen molar-refractivity contribution in [1.29, 1.82) is 0 Å². The fourth-order valence-corrected chi connectivity index (χ4v) is 5.50. The van der Waals surface area contributed by atoms with Crippen molar-refractivity contribution in [3.05, 3.63) is 22.4 Å². The first-order chi connectivity index (χ1) is 11.8. The second-order valence-corrected chi connectivity index (χ2v) is 9.66. The van der Waals surface area contributed by atoms with Crippen LogP contribution in [0.2, 0.25) is 0 Å². The molecule has 25 heavy (non-hydrogen) atoms. The van der Waals surface area contributed by atoms with Crippen LogP contribution < -0.4 is 5.32 Å². The number of thiophene rings is 1. The molecule has 8 heteroatoms. The largest absolute Gasteiger partial charge is 0.354 e. The number of sulfonamides is 1.